The van der Waals surface area contributed by atoms with Gasteiger partial charge in [0.25, 0.3) is 0 Å². The van der Waals surface area contributed by atoms with Crippen molar-refractivity contribution < 1.29 is 19.7 Å². The van der Waals surface area contributed by atoms with Crippen LogP contribution in [0.15, 0.2) is 73.3 Å². The summed E-state index contributed by atoms with van der Waals surface area (Å²) in [7, 11) is 3.25. The van der Waals surface area contributed by atoms with Gasteiger partial charge in [-0.05, 0) is 24.3 Å². The fourth-order valence-electron chi connectivity index (χ4n) is 2.81. The van der Waals surface area contributed by atoms with Gasteiger partial charge in [0.1, 0.15) is 46.8 Å². The molecule has 2 heterocycles. The Morgan fingerprint density at radius 1 is 0.750 bits per heavy atom. The Labute approximate surface area is 244 Å². The summed E-state index contributed by atoms with van der Waals surface area (Å²) in [5, 5.41) is 26.2. The minimum absolute atomic E-state index is 0. The number of nitrogens with one attached hydrogen (secondary N) is 3. The van der Waals surface area contributed by atoms with E-state index in [1.54, 1.807) is 26.4 Å². The summed E-state index contributed by atoms with van der Waals surface area (Å²) in [6.07, 6.45) is 2.87. The van der Waals surface area contributed by atoms with Crippen molar-refractivity contribution in [3.8, 4) is 11.5 Å². The van der Waals surface area contributed by atoms with Crippen molar-refractivity contribution in [2.75, 3.05) is 56.5 Å². The second-order valence-corrected chi connectivity index (χ2v) is 7.78. The van der Waals surface area contributed by atoms with Gasteiger partial charge in [0, 0.05) is 48.7 Å². The highest BCUT2D eigenvalue weighted by Gasteiger charge is 2.01. The molecule has 14 heteroatoms. The molecule has 0 spiro atoms. The fraction of sp³-hybridized carbons (Fsp3) is 0.231. The van der Waals surface area contributed by atoms with Gasteiger partial charge in [-0.1, -0.05) is 23.7 Å². The van der Waals surface area contributed by atoms with E-state index in [1.165, 1.54) is 12.7 Å². The lowest BCUT2D eigenvalue weighted by atomic mass is 10.3. The number of aliphatic hydroxyl groups is 2. The number of methoxy groups -OCH3 is 2. The Bertz CT molecular complexity index is 1250. The third-order valence-corrected chi connectivity index (χ3v) is 4.74. The Balaban J connectivity index is 0.000000349. The summed E-state index contributed by atoms with van der Waals surface area (Å²) >= 11 is 5.75. The number of hydrogen-bond donors (Lipinski definition) is 6. The highest BCUT2D eigenvalue weighted by Crippen LogP contribution is 2.22. The van der Waals surface area contributed by atoms with Crippen LogP contribution in [0.1, 0.15) is 0 Å². The van der Waals surface area contributed by atoms with Crippen LogP contribution in [-0.2, 0) is 0 Å². The smallest absolute Gasteiger partial charge is 0.135 e. The average molecular weight is 594 g/mol. The second kappa shape index (κ2) is 20.0. The zero-order valence-corrected chi connectivity index (χ0v) is 23.7. The Kier molecular flexibility index (Phi) is 17.1. The molecule has 12 nitrogen and oxygen atoms in total. The fourth-order valence-corrected chi connectivity index (χ4v) is 2.95. The molecule has 0 fully saturated rings. The van der Waals surface area contributed by atoms with E-state index in [4.69, 9.17) is 37.0 Å². The maximum Gasteiger partial charge on any atom is 0.135 e. The molecule has 216 valence electrons. The SMILES string of the molecule is COc1cccc(Nc2cc(Cl)ncn2)c1.COc1cccc(Nc2cc(NCCO)ncn2)c1.Cl.NCCO. The molecule has 0 atom stereocenters. The van der Waals surface area contributed by atoms with Gasteiger partial charge >= 0.3 is 0 Å². The normalized spacial score (nSPS) is 9.45. The van der Waals surface area contributed by atoms with E-state index in [2.05, 4.69) is 35.9 Å². The van der Waals surface area contributed by atoms with Crippen molar-refractivity contribution in [3.05, 3.63) is 78.5 Å². The number of nitrogens with two attached hydrogens (primary N) is 1. The van der Waals surface area contributed by atoms with Crippen LogP contribution in [0.3, 0.4) is 0 Å². The van der Waals surface area contributed by atoms with Crippen molar-refractivity contribution >= 4 is 52.8 Å². The lowest BCUT2D eigenvalue weighted by Crippen LogP contribution is -2.07. The first-order chi connectivity index (χ1) is 19.0. The first kappa shape index (κ1) is 34.1. The molecule has 0 radical (unpaired) electrons. The van der Waals surface area contributed by atoms with Crippen LogP contribution in [0.4, 0.5) is 28.8 Å². The highest BCUT2D eigenvalue weighted by molar-refractivity contribution is 6.29. The first-order valence-corrected chi connectivity index (χ1v) is 12.2. The second-order valence-electron chi connectivity index (χ2n) is 7.39. The number of hydrogen-bond acceptors (Lipinski definition) is 12. The lowest BCUT2D eigenvalue weighted by Gasteiger charge is -2.08. The van der Waals surface area contributed by atoms with E-state index in [9.17, 15) is 0 Å². The van der Waals surface area contributed by atoms with Gasteiger partial charge in [0.15, 0.2) is 0 Å². The van der Waals surface area contributed by atoms with Crippen LogP contribution in [0.5, 0.6) is 11.5 Å². The third kappa shape index (κ3) is 13.2. The first-order valence-electron chi connectivity index (χ1n) is 11.8. The minimum atomic E-state index is 0. The third-order valence-electron chi connectivity index (χ3n) is 4.53. The highest BCUT2D eigenvalue weighted by atomic mass is 35.5. The van der Waals surface area contributed by atoms with E-state index in [0.717, 1.165) is 22.9 Å². The number of ether oxygens (including phenoxy) is 2. The van der Waals surface area contributed by atoms with Crippen molar-refractivity contribution in [2.45, 2.75) is 0 Å². The molecule has 0 saturated carbocycles. The maximum atomic E-state index is 8.75. The molecule has 0 aliphatic carbocycles. The molecule has 0 bridgehead atoms. The zero-order chi connectivity index (χ0) is 28.3. The molecule has 40 heavy (non-hydrogen) atoms. The predicted molar refractivity (Wildman–Crippen MR) is 161 cm³/mol. The van der Waals surface area contributed by atoms with Crippen LogP contribution in [0, 0.1) is 0 Å². The largest absolute Gasteiger partial charge is 0.497 e. The summed E-state index contributed by atoms with van der Waals surface area (Å²) in [5.41, 5.74) is 6.54. The Morgan fingerprint density at radius 2 is 1.25 bits per heavy atom. The van der Waals surface area contributed by atoms with Gasteiger partial charge in [-0.2, -0.15) is 0 Å². The van der Waals surface area contributed by atoms with E-state index < -0.39 is 0 Å². The number of anilines is 5. The van der Waals surface area contributed by atoms with Crippen LogP contribution >= 0.6 is 24.0 Å². The quantitative estimate of drug-likeness (QED) is 0.147. The number of aliphatic hydroxyl groups excluding tert-OH is 2. The number of nitrogens with zero attached hydrogens (tertiary/aromatic N) is 4. The topological polar surface area (TPSA) is 173 Å². The van der Waals surface area contributed by atoms with E-state index >= 15 is 0 Å². The molecular weight excluding hydrogens is 559 g/mol. The molecule has 0 amide bonds. The molecule has 2 aromatic carbocycles. The molecule has 7 N–H and O–H groups in total. The average Bonchev–Trinajstić information content (AvgIpc) is 2.97. The molecule has 0 saturated heterocycles. The summed E-state index contributed by atoms with van der Waals surface area (Å²) in [6, 6.07) is 18.5. The molecule has 4 aromatic rings. The molecule has 0 unspecified atom stereocenters. The van der Waals surface area contributed by atoms with E-state index in [0.29, 0.717) is 35.7 Å². The standard InChI is InChI=1S/C13H16N4O2.C11H10ClN3O.C2H7NO.ClH/c1-19-11-4-2-3-10(7-11)17-13-8-12(14-5-6-18)15-9-16-13;1-16-9-4-2-3-8(5-9)15-11-6-10(12)13-7-14-11;3-1-2-4;/h2-4,7-9,18H,5-6H2,1H3,(H2,14,15,16,17);2-7H,1H3,(H,13,14,15);4H,1-3H2;1H. The van der Waals surface area contributed by atoms with Gasteiger partial charge in [-0.25, -0.2) is 19.9 Å². The van der Waals surface area contributed by atoms with Crippen molar-refractivity contribution in [1.82, 2.24) is 19.9 Å². The van der Waals surface area contributed by atoms with Gasteiger partial charge in [0.2, 0.25) is 0 Å². The van der Waals surface area contributed by atoms with E-state index in [1.807, 2.05) is 48.5 Å². The Morgan fingerprint density at radius 3 is 1.73 bits per heavy atom. The van der Waals surface area contributed by atoms with Crippen LogP contribution < -0.4 is 31.2 Å². The lowest BCUT2D eigenvalue weighted by molar-refractivity contribution is 0.306. The van der Waals surface area contributed by atoms with Crippen molar-refractivity contribution in [1.29, 1.82) is 0 Å². The molecule has 0 aliphatic rings. The minimum Gasteiger partial charge on any atom is -0.497 e. The Hall–Kier alpha value is -3.94. The number of rotatable bonds is 10. The molecule has 4 rings (SSSR count). The predicted octanol–water partition coefficient (Wildman–Crippen LogP) is 3.87. The van der Waals surface area contributed by atoms with Gasteiger partial charge in [-0.3, -0.25) is 0 Å². The summed E-state index contributed by atoms with van der Waals surface area (Å²) < 4.78 is 10.3. The van der Waals surface area contributed by atoms with Gasteiger partial charge < -0.3 is 41.4 Å². The summed E-state index contributed by atoms with van der Waals surface area (Å²) in [5.74, 6) is 3.54. The maximum absolute atomic E-state index is 8.75. The van der Waals surface area contributed by atoms with Crippen LogP contribution in [0.25, 0.3) is 0 Å². The number of aromatic nitrogens is 4. The zero-order valence-electron chi connectivity index (χ0n) is 22.1. The van der Waals surface area contributed by atoms with Crippen molar-refractivity contribution in [2.24, 2.45) is 5.73 Å². The number of halogens is 2. The molecule has 2 aromatic heterocycles. The summed E-state index contributed by atoms with van der Waals surface area (Å²) in [4.78, 5) is 16.0. The van der Waals surface area contributed by atoms with Gasteiger partial charge in [-0.15, -0.1) is 12.4 Å². The monoisotopic (exact) mass is 592 g/mol. The number of benzene rings is 2. The van der Waals surface area contributed by atoms with Crippen molar-refractivity contribution in [3.63, 3.8) is 0 Å². The van der Waals surface area contributed by atoms with Crippen LogP contribution in [-0.4, -0.2) is 70.7 Å². The van der Waals surface area contributed by atoms with Gasteiger partial charge in [0.05, 0.1) is 27.4 Å². The molecular formula is C26H34Cl2N8O4. The van der Waals surface area contributed by atoms with E-state index in [-0.39, 0.29) is 25.6 Å². The van der Waals surface area contributed by atoms with Crippen LogP contribution in [0.2, 0.25) is 5.15 Å². The summed E-state index contributed by atoms with van der Waals surface area (Å²) in [6.45, 7) is 0.984. The molecule has 0 aliphatic heterocycles.